The number of carbonyl (C=O) groups is 1. The number of hydrogen-bond acceptors (Lipinski definition) is 3. The number of aldehydes is 1. The molecule has 1 aromatic carbocycles. The highest BCUT2D eigenvalue weighted by Gasteiger charge is 1.98. The fraction of sp³-hybridized carbons (Fsp3) is 0.308. The third-order valence-electron chi connectivity index (χ3n) is 2.11. The Kier molecular flexibility index (Phi) is 6.25. The van der Waals surface area contributed by atoms with Crippen molar-refractivity contribution < 1.29 is 13.7 Å². The van der Waals surface area contributed by atoms with Gasteiger partial charge in [0, 0.05) is 16.7 Å². The highest BCUT2D eigenvalue weighted by molar-refractivity contribution is 7.88. The Balaban J connectivity index is 2.36. The zero-order valence-corrected chi connectivity index (χ0v) is 10.6. The Morgan fingerprint density at radius 2 is 2.00 bits per heavy atom. The Morgan fingerprint density at radius 3 is 2.65 bits per heavy atom. The minimum Gasteiger partial charge on any atom is -0.501 e. The van der Waals surface area contributed by atoms with Crippen LogP contribution in [-0.4, -0.2) is 17.1 Å². The molecule has 3 nitrogen and oxygen atoms in total. The van der Waals surface area contributed by atoms with Crippen molar-refractivity contribution in [3.05, 3.63) is 41.5 Å². The topological polar surface area (TPSA) is 43.4 Å². The van der Waals surface area contributed by atoms with E-state index in [1.54, 1.807) is 0 Å². The Labute approximate surface area is 104 Å². The quantitative estimate of drug-likeness (QED) is 0.425. The molecule has 0 fully saturated rings. The zero-order chi connectivity index (χ0) is 12.5. The number of unbranched alkanes of at least 4 members (excludes halogenated alkanes) is 1. The van der Waals surface area contributed by atoms with Crippen LogP contribution in [0, 0.1) is 6.92 Å². The maximum Gasteiger partial charge on any atom is 0.120 e. The van der Waals surface area contributed by atoms with E-state index < -0.39 is 10.8 Å². The largest absolute Gasteiger partial charge is 0.501 e. The lowest BCUT2D eigenvalue weighted by atomic mass is 10.2. The summed E-state index contributed by atoms with van der Waals surface area (Å²) >= 11 is 0. The van der Waals surface area contributed by atoms with Crippen LogP contribution in [0.25, 0.3) is 0 Å². The van der Waals surface area contributed by atoms with Gasteiger partial charge in [-0.15, -0.1) is 0 Å². The highest BCUT2D eigenvalue weighted by Crippen LogP contribution is 2.09. The van der Waals surface area contributed by atoms with Crippen LogP contribution in [0.15, 0.2) is 40.8 Å². The third-order valence-corrected chi connectivity index (χ3v) is 3.21. The molecule has 0 saturated heterocycles. The van der Waals surface area contributed by atoms with Crippen molar-refractivity contribution in [3.8, 4) is 0 Å². The fourth-order valence-corrected chi connectivity index (χ4v) is 1.90. The Hall–Kier alpha value is -1.42. The molecule has 0 aliphatic rings. The minimum atomic E-state index is -1.17. The monoisotopic (exact) mass is 252 g/mol. The molecule has 0 aliphatic heterocycles. The van der Waals surface area contributed by atoms with Gasteiger partial charge in [0.25, 0.3) is 0 Å². The first-order valence-electron chi connectivity index (χ1n) is 5.43. The van der Waals surface area contributed by atoms with E-state index >= 15 is 0 Å². The molecule has 1 aromatic rings. The smallest absolute Gasteiger partial charge is 0.120 e. The van der Waals surface area contributed by atoms with Crippen molar-refractivity contribution in [2.45, 2.75) is 24.7 Å². The second-order valence-electron chi connectivity index (χ2n) is 3.56. The second-order valence-corrected chi connectivity index (χ2v) is 4.90. The van der Waals surface area contributed by atoms with Gasteiger partial charge in [-0.05, 0) is 25.5 Å². The van der Waals surface area contributed by atoms with Gasteiger partial charge in [0.1, 0.15) is 6.29 Å². The summed E-state index contributed by atoms with van der Waals surface area (Å²) in [6, 6.07) is 7.52. The lowest BCUT2D eigenvalue weighted by Crippen LogP contribution is -1.90. The van der Waals surface area contributed by atoms with Gasteiger partial charge in [0.2, 0.25) is 0 Å². The molecule has 0 N–H and O–H groups in total. The normalized spacial score (nSPS) is 12.5. The summed E-state index contributed by atoms with van der Waals surface area (Å²) in [5, 5.41) is 1.51. The van der Waals surface area contributed by atoms with Gasteiger partial charge < -0.3 is 9.53 Å². The lowest BCUT2D eigenvalue weighted by Gasteiger charge is -1.99. The van der Waals surface area contributed by atoms with E-state index in [9.17, 15) is 9.00 Å². The van der Waals surface area contributed by atoms with Crippen LogP contribution in [0.1, 0.15) is 18.4 Å². The average Bonchev–Trinajstić information content (AvgIpc) is 2.34. The second kappa shape index (κ2) is 7.79. The summed E-state index contributed by atoms with van der Waals surface area (Å²) in [7, 11) is -1.17. The van der Waals surface area contributed by atoms with Crippen molar-refractivity contribution in [1.82, 2.24) is 0 Å². The van der Waals surface area contributed by atoms with Crippen LogP contribution in [0.2, 0.25) is 0 Å². The molecule has 1 rings (SSSR count). The Morgan fingerprint density at radius 1 is 1.29 bits per heavy atom. The van der Waals surface area contributed by atoms with Crippen molar-refractivity contribution in [2.75, 3.05) is 6.61 Å². The standard InChI is InChI=1S/C13H16O3S/c1-12-4-6-13(7-5-12)17(15)11-10-16-9-3-2-8-14/h4-8,10-11H,2-3,9H2,1H3/b11-10+. The van der Waals surface area contributed by atoms with Crippen LogP contribution >= 0.6 is 0 Å². The molecular formula is C13H16O3S. The third kappa shape index (κ3) is 5.45. The van der Waals surface area contributed by atoms with Gasteiger partial charge in [-0.2, -0.15) is 0 Å². The maximum atomic E-state index is 11.7. The predicted octanol–water partition coefficient (Wildman–Crippen LogP) is 2.57. The van der Waals surface area contributed by atoms with Crippen LogP contribution in [0.4, 0.5) is 0 Å². The van der Waals surface area contributed by atoms with Crippen molar-refractivity contribution in [3.63, 3.8) is 0 Å². The summed E-state index contributed by atoms with van der Waals surface area (Å²) in [6.07, 6.45) is 3.47. The van der Waals surface area contributed by atoms with Crippen LogP contribution in [0.3, 0.4) is 0 Å². The molecule has 92 valence electrons. The summed E-state index contributed by atoms with van der Waals surface area (Å²) in [4.78, 5) is 10.8. The van der Waals surface area contributed by atoms with Crippen LogP contribution < -0.4 is 0 Å². The molecule has 0 amide bonds. The Bertz CT molecular complexity index is 396. The summed E-state index contributed by atoms with van der Waals surface area (Å²) in [5.74, 6) is 0. The minimum absolute atomic E-state index is 0.473. The molecule has 4 heteroatoms. The van der Waals surface area contributed by atoms with E-state index in [0.717, 1.165) is 16.7 Å². The molecule has 0 radical (unpaired) electrons. The molecule has 0 bridgehead atoms. The number of benzene rings is 1. The van der Waals surface area contributed by atoms with E-state index in [1.807, 2.05) is 31.2 Å². The first kappa shape index (κ1) is 13.6. The zero-order valence-electron chi connectivity index (χ0n) is 9.80. The number of carbonyl (C=O) groups excluding carboxylic acids is 1. The summed E-state index contributed by atoms with van der Waals surface area (Å²) in [5.41, 5.74) is 1.14. The first-order valence-corrected chi connectivity index (χ1v) is 6.64. The van der Waals surface area contributed by atoms with Crippen LogP contribution in [-0.2, 0) is 20.3 Å². The van der Waals surface area contributed by atoms with Gasteiger partial charge in [0.05, 0.1) is 23.7 Å². The fourth-order valence-electron chi connectivity index (χ4n) is 1.16. The number of ether oxygens (including phenoxy) is 1. The average molecular weight is 252 g/mol. The molecule has 1 unspecified atom stereocenters. The first-order chi connectivity index (χ1) is 8.24. The summed E-state index contributed by atoms with van der Waals surface area (Å²) in [6.45, 7) is 2.46. The SMILES string of the molecule is Cc1ccc(S(=O)/C=C/OCCCC=O)cc1. The molecular weight excluding hydrogens is 236 g/mol. The number of rotatable bonds is 7. The highest BCUT2D eigenvalue weighted by atomic mass is 32.2. The van der Waals surface area contributed by atoms with E-state index in [0.29, 0.717) is 19.4 Å². The van der Waals surface area contributed by atoms with Gasteiger partial charge in [0.15, 0.2) is 0 Å². The molecule has 0 spiro atoms. The molecule has 0 aromatic heterocycles. The lowest BCUT2D eigenvalue weighted by molar-refractivity contribution is -0.108. The van der Waals surface area contributed by atoms with Gasteiger partial charge in [-0.3, -0.25) is 0 Å². The molecule has 1 atom stereocenters. The predicted molar refractivity (Wildman–Crippen MR) is 68.0 cm³/mol. The van der Waals surface area contributed by atoms with E-state index in [2.05, 4.69) is 0 Å². The molecule has 0 saturated carbocycles. The van der Waals surface area contributed by atoms with E-state index in [1.165, 1.54) is 11.7 Å². The molecule has 0 aliphatic carbocycles. The summed E-state index contributed by atoms with van der Waals surface area (Å²) < 4.78 is 16.9. The van der Waals surface area contributed by atoms with E-state index in [4.69, 9.17) is 4.74 Å². The maximum absolute atomic E-state index is 11.7. The number of aryl methyl sites for hydroxylation is 1. The number of hydrogen-bond donors (Lipinski definition) is 0. The van der Waals surface area contributed by atoms with E-state index in [-0.39, 0.29) is 0 Å². The van der Waals surface area contributed by atoms with Crippen LogP contribution in [0.5, 0.6) is 0 Å². The molecule has 0 heterocycles. The van der Waals surface area contributed by atoms with Crippen molar-refractivity contribution in [2.24, 2.45) is 0 Å². The molecule has 17 heavy (non-hydrogen) atoms. The van der Waals surface area contributed by atoms with Gasteiger partial charge in [-0.25, -0.2) is 4.21 Å². The van der Waals surface area contributed by atoms with Crippen molar-refractivity contribution in [1.29, 1.82) is 0 Å². The van der Waals surface area contributed by atoms with Crippen molar-refractivity contribution >= 4 is 17.1 Å². The van der Waals surface area contributed by atoms with Gasteiger partial charge >= 0.3 is 0 Å². The van der Waals surface area contributed by atoms with Gasteiger partial charge in [-0.1, -0.05) is 17.7 Å².